The van der Waals surface area contributed by atoms with Crippen molar-refractivity contribution in [3.63, 3.8) is 0 Å². The third-order valence-electron chi connectivity index (χ3n) is 12.7. The van der Waals surface area contributed by atoms with Gasteiger partial charge in [-0.2, -0.15) is 0 Å². The topological polar surface area (TPSA) is 78.9 Å². The maximum Gasteiger partial charge on any atom is 0.306 e. The second-order valence-electron chi connectivity index (χ2n) is 20.2. The molecule has 0 bridgehead atoms. The second kappa shape index (κ2) is 48.9. The molecule has 0 aromatic carbocycles. The molecule has 0 unspecified atom stereocenters. The van der Waals surface area contributed by atoms with Crippen molar-refractivity contribution in [1.82, 2.24) is 0 Å². The van der Waals surface area contributed by atoms with Crippen LogP contribution >= 0.6 is 0 Å². The van der Waals surface area contributed by atoms with Crippen LogP contribution < -0.4 is 0 Å². The third kappa shape index (κ3) is 49.4. The summed E-state index contributed by atoms with van der Waals surface area (Å²) in [5, 5.41) is 0. The lowest BCUT2D eigenvalue weighted by molar-refractivity contribution is -0.167. The molecule has 0 amide bonds. The molecule has 0 saturated heterocycles. The van der Waals surface area contributed by atoms with Crippen molar-refractivity contribution in [2.75, 3.05) is 13.2 Å². The Morgan fingerprint density at radius 3 is 0.790 bits per heavy atom. The van der Waals surface area contributed by atoms with E-state index >= 15 is 0 Å². The fourth-order valence-electron chi connectivity index (χ4n) is 8.52. The van der Waals surface area contributed by atoms with E-state index in [9.17, 15) is 14.4 Å². The van der Waals surface area contributed by atoms with Crippen LogP contribution in [0, 0.1) is 11.8 Å². The van der Waals surface area contributed by atoms with Gasteiger partial charge in [0.25, 0.3) is 0 Å². The fourth-order valence-corrected chi connectivity index (χ4v) is 8.52. The molecule has 0 aliphatic carbocycles. The number of esters is 3. The number of hydrogen-bond acceptors (Lipinski definition) is 6. The van der Waals surface area contributed by atoms with Crippen LogP contribution in [0.5, 0.6) is 0 Å². The molecule has 6 heteroatoms. The molecular formula is C56H108O6. The molecule has 1 atom stereocenters. The van der Waals surface area contributed by atoms with Crippen LogP contribution in [-0.2, 0) is 28.6 Å². The Bertz CT molecular complexity index is 947. The van der Waals surface area contributed by atoms with Crippen LogP contribution in [0.3, 0.4) is 0 Å². The Hall–Kier alpha value is -1.59. The highest BCUT2D eigenvalue weighted by molar-refractivity contribution is 5.71. The van der Waals surface area contributed by atoms with Gasteiger partial charge in [0.05, 0.1) is 0 Å². The first-order chi connectivity index (χ1) is 30.2. The molecular weight excluding hydrogens is 769 g/mol. The minimum atomic E-state index is -0.762. The van der Waals surface area contributed by atoms with Crippen LogP contribution in [0.2, 0.25) is 0 Å². The molecule has 0 saturated carbocycles. The monoisotopic (exact) mass is 877 g/mol. The molecule has 0 spiro atoms. The highest BCUT2D eigenvalue weighted by atomic mass is 16.6. The highest BCUT2D eigenvalue weighted by Crippen LogP contribution is 2.18. The molecule has 0 rings (SSSR count). The summed E-state index contributed by atoms with van der Waals surface area (Å²) < 4.78 is 16.8. The van der Waals surface area contributed by atoms with Gasteiger partial charge in [0.1, 0.15) is 13.2 Å². The van der Waals surface area contributed by atoms with Crippen LogP contribution in [0.4, 0.5) is 0 Å². The number of carbonyl (C=O) groups excluding carboxylic acids is 3. The number of hydrogen-bond donors (Lipinski definition) is 0. The molecule has 6 nitrogen and oxygen atoms in total. The smallest absolute Gasteiger partial charge is 0.306 e. The summed E-state index contributed by atoms with van der Waals surface area (Å²) in [5.41, 5.74) is 0. The SMILES string of the molecule is CCCCCCCCCCCCCCCCCC(=O)OC[C@@H](COC(=O)CCCCCCCCCCC(C)C)OC(=O)CCCCCCCCCCCCCCCCCC(C)C. The number of carbonyl (C=O) groups is 3. The van der Waals surface area contributed by atoms with E-state index in [1.807, 2.05) is 0 Å². The summed E-state index contributed by atoms with van der Waals surface area (Å²) in [5.74, 6) is 0.800. The van der Waals surface area contributed by atoms with Gasteiger partial charge < -0.3 is 14.2 Å². The Balaban J connectivity index is 4.28. The maximum absolute atomic E-state index is 12.8. The van der Waals surface area contributed by atoms with E-state index in [0.29, 0.717) is 19.3 Å². The van der Waals surface area contributed by atoms with E-state index in [1.165, 1.54) is 199 Å². The van der Waals surface area contributed by atoms with Gasteiger partial charge in [-0.25, -0.2) is 0 Å². The first kappa shape index (κ1) is 60.4. The van der Waals surface area contributed by atoms with Crippen molar-refractivity contribution >= 4 is 17.9 Å². The van der Waals surface area contributed by atoms with Gasteiger partial charge >= 0.3 is 17.9 Å². The summed E-state index contributed by atoms with van der Waals surface area (Å²) in [7, 11) is 0. The second-order valence-corrected chi connectivity index (χ2v) is 20.2. The standard InChI is InChI=1S/C56H108O6/c1-6-7-8-9-10-11-12-13-15-19-22-25-31-36-41-46-54(57)60-49-53(50-61-55(58)47-42-37-32-28-27-30-35-40-45-52(4)5)62-56(59)48-43-38-33-26-23-20-17-14-16-18-21-24-29-34-39-44-51(2)3/h51-53H,6-50H2,1-5H3/t53-/m0/s1. The van der Waals surface area contributed by atoms with Crippen LogP contribution in [0.1, 0.15) is 311 Å². The van der Waals surface area contributed by atoms with Crippen molar-refractivity contribution < 1.29 is 28.6 Å². The lowest BCUT2D eigenvalue weighted by Gasteiger charge is -2.18. The Morgan fingerprint density at radius 2 is 0.532 bits per heavy atom. The molecule has 0 N–H and O–H groups in total. The summed E-state index contributed by atoms with van der Waals surface area (Å²) >= 11 is 0. The largest absolute Gasteiger partial charge is 0.462 e. The van der Waals surface area contributed by atoms with Gasteiger partial charge in [0, 0.05) is 19.3 Å². The molecule has 0 heterocycles. The van der Waals surface area contributed by atoms with Crippen LogP contribution in [-0.4, -0.2) is 37.2 Å². The number of ether oxygens (including phenoxy) is 3. The zero-order chi connectivity index (χ0) is 45.4. The van der Waals surface area contributed by atoms with Gasteiger partial charge in [0.2, 0.25) is 0 Å². The summed E-state index contributed by atoms with van der Waals surface area (Å²) in [6.07, 6.45) is 51.0. The Labute approximate surface area is 387 Å². The molecule has 368 valence electrons. The first-order valence-electron chi connectivity index (χ1n) is 27.7. The Kier molecular flexibility index (Phi) is 47.6. The zero-order valence-electron chi connectivity index (χ0n) is 42.5. The minimum absolute atomic E-state index is 0.0633. The van der Waals surface area contributed by atoms with Crippen molar-refractivity contribution in [2.24, 2.45) is 11.8 Å². The molecule has 0 aromatic heterocycles. The minimum Gasteiger partial charge on any atom is -0.462 e. The van der Waals surface area contributed by atoms with Gasteiger partial charge in [-0.15, -0.1) is 0 Å². The highest BCUT2D eigenvalue weighted by Gasteiger charge is 2.19. The van der Waals surface area contributed by atoms with E-state index in [1.54, 1.807) is 0 Å². The summed E-state index contributed by atoms with van der Waals surface area (Å²) in [6, 6.07) is 0. The van der Waals surface area contributed by atoms with Crippen molar-refractivity contribution in [3.8, 4) is 0 Å². The average molecular weight is 877 g/mol. The van der Waals surface area contributed by atoms with E-state index in [2.05, 4.69) is 34.6 Å². The third-order valence-corrected chi connectivity index (χ3v) is 12.7. The predicted octanol–water partition coefficient (Wildman–Crippen LogP) is 18.1. The first-order valence-corrected chi connectivity index (χ1v) is 27.7. The van der Waals surface area contributed by atoms with Crippen molar-refractivity contribution in [1.29, 1.82) is 0 Å². The van der Waals surface area contributed by atoms with Crippen LogP contribution in [0.25, 0.3) is 0 Å². The number of unbranched alkanes of at least 4 members (excludes halogenated alkanes) is 35. The van der Waals surface area contributed by atoms with Crippen LogP contribution in [0.15, 0.2) is 0 Å². The molecule has 0 aromatic rings. The van der Waals surface area contributed by atoms with E-state index in [-0.39, 0.29) is 31.1 Å². The molecule has 62 heavy (non-hydrogen) atoms. The van der Waals surface area contributed by atoms with Gasteiger partial charge in [-0.1, -0.05) is 272 Å². The molecule has 0 radical (unpaired) electrons. The number of rotatable bonds is 50. The fraction of sp³-hybridized carbons (Fsp3) is 0.946. The average Bonchev–Trinajstić information content (AvgIpc) is 3.24. The van der Waals surface area contributed by atoms with E-state index in [0.717, 1.165) is 69.6 Å². The predicted molar refractivity (Wildman–Crippen MR) is 266 cm³/mol. The normalized spacial score (nSPS) is 12.0. The Morgan fingerprint density at radius 1 is 0.306 bits per heavy atom. The van der Waals surface area contributed by atoms with E-state index < -0.39 is 6.10 Å². The maximum atomic E-state index is 12.8. The summed E-state index contributed by atoms with van der Waals surface area (Å²) in [4.78, 5) is 38.0. The quantitative estimate of drug-likeness (QED) is 0.0344. The molecule has 0 aliphatic heterocycles. The van der Waals surface area contributed by atoms with Gasteiger partial charge in [0.15, 0.2) is 6.10 Å². The van der Waals surface area contributed by atoms with Gasteiger partial charge in [-0.3, -0.25) is 14.4 Å². The van der Waals surface area contributed by atoms with Crippen molar-refractivity contribution in [3.05, 3.63) is 0 Å². The lowest BCUT2D eigenvalue weighted by Crippen LogP contribution is -2.30. The van der Waals surface area contributed by atoms with E-state index in [4.69, 9.17) is 14.2 Å². The summed E-state index contributed by atoms with van der Waals surface area (Å²) in [6.45, 7) is 11.4. The zero-order valence-corrected chi connectivity index (χ0v) is 42.5. The van der Waals surface area contributed by atoms with Gasteiger partial charge in [-0.05, 0) is 31.1 Å². The van der Waals surface area contributed by atoms with Crippen molar-refractivity contribution in [2.45, 2.75) is 317 Å². The molecule has 0 fully saturated rings. The molecule has 0 aliphatic rings. The lowest BCUT2D eigenvalue weighted by atomic mass is 10.0.